The molecular formula is C25H35N3O6S. The lowest BCUT2D eigenvalue weighted by molar-refractivity contribution is -0.140. The summed E-state index contributed by atoms with van der Waals surface area (Å²) >= 11 is 0. The Morgan fingerprint density at radius 1 is 1.06 bits per heavy atom. The minimum atomic E-state index is -3.90. The van der Waals surface area contributed by atoms with Gasteiger partial charge in [-0.2, -0.15) is 0 Å². The van der Waals surface area contributed by atoms with Crippen molar-refractivity contribution >= 4 is 27.5 Å². The van der Waals surface area contributed by atoms with E-state index in [1.165, 1.54) is 25.2 Å². The van der Waals surface area contributed by atoms with Gasteiger partial charge in [0.25, 0.3) is 0 Å². The van der Waals surface area contributed by atoms with Gasteiger partial charge in [0.05, 0.1) is 26.2 Å². The van der Waals surface area contributed by atoms with Crippen LogP contribution in [0.5, 0.6) is 11.5 Å². The molecule has 0 aliphatic carbocycles. The zero-order valence-corrected chi connectivity index (χ0v) is 22.0. The molecule has 2 aromatic carbocycles. The molecule has 0 saturated heterocycles. The van der Waals surface area contributed by atoms with Gasteiger partial charge in [0.2, 0.25) is 21.8 Å². The molecule has 2 amide bonds. The summed E-state index contributed by atoms with van der Waals surface area (Å²) in [5, 5.41) is 2.78. The van der Waals surface area contributed by atoms with Gasteiger partial charge in [0, 0.05) is 19.2 Å². The molecule has 10 heteroatoms. The van der Waals surface area contributed by atoms with Crippen molar-refractivity contribution in [3.63, 3.8) is 0 Å². The van der Waals surface area contributed by atoms with Gasteiger partial charge in [-0.05, 0) is 43.5 Å². The molecule has 35 heavy (non-hydrogen) atoms. The number of nitrogens with zero attached hydrogens (tertiary/aromatic N) is 2. The largest absolute Gasteiger partial charge is 0.497 e. The maximum absolute atomic E-state index is 13.7. The predicted molar refractivity (Wildman–Crippen MR) is 136 cm³/mol. The number of hydrogen-bond donors (Lipinski definition) is 1. The van der Waals surface area contributed by atoms with Gasteiger partial charge >= 0.3 is 0 Å². The van der Waals surface area contributed by atoms with Crippen LogP contribution < -0.4 is 19.1 Å². The molecule has 2 rings (SSSR count). The Kier molecular flexibility index (Phi) is 9.94. The molecule has 0 aliphatic heterocycles. The third-order valence-electron chi connectivity index (χ3n) is 5.67. The van der Waals surface area contributed by atoms with Crippen LogP contribution in [0.4, 0.5) is 5.69 Å². The average Bonchev–Trinajstić information content (AvgIpc) is 2.82. The van der Waals surface area contributed by atoms with Crippen LogP contribution in [-0.4, -0.2) is 64.7 Å². The summed E-state index contributed by atoms with van der Waals surface area (Å²) in [6.45, 7) is 5.61. The fourth-order valence-corrected chi connectivity index (χ4v) is 4.61. The Morgan fingerprint density at radius 3 is 2.29 bits per heavy atom. The summed E-state index contributed by atoms with van der Waals surface area (Å²) < 4.78 is 37.2. The van der Waals surface area contributed by atoms with E-state index >= 15 is 0 Å². The molecule has 0 aliphatic rings. The number of rotatable bonds is 12. The van der Waals surface area contributed by atoms with E-state index in [1.807, 2.05) is 38.1 Å². The maximum Gasteiger partial charge on any atom is 0.244 e. The number of carbonyl (C=O) groups excluding carboxylic acids is 2. The van der Waals surface area contributed by atoms with Gasteiger partial charge in [-0.25, -0.2) is 8.42 Å². The second-order valence-corrected chi connectivity index (χ2v) is 9.98. The monoisotopic (exact) mass is 505 g/mol. The molecule has 0 saturated carbocycles. The van der Waals surface area contributed by atoms with Crippen LogP contribution in [0.2, 0.25) is 0 Å². The number of anilines is 1. The Hall–Kier alpha value is -3.27. The molecular weight excluding hydrogens is 470 g/mol. The summed E-state index contributed by atoms with van der Waals surface area (Å²) in [6.07, 6.45) is 1.39. The van der Waals surface area contributed by atoms with Gasteiger partial charge in [0.1, 0.15) is 24.1 Å². The summed E-state index contributed by atoms with van der Waals surface area (Å²) in [6, 6.07) is 11.5. The third-order valence-corrected chi connectivity index (χ3v) is 6.80. The van der Waals surface area contributed by atoms with E-state index in [1.54, 1.807) is 19.1 Å². The molecule has 0 bridgehead atoms. The highest BCUT2D eigenvalue weighted by molar-refractivity contribution is 7.92. The Morgan fingerprint density at radius 2 is 1.74 bits per heavy atom. The van der Waals surface area contributed by atoms with E-state index in [0.29, 0.717) is 18.7 Å². The molecule has 2 aromatic rings. The quantitative estimate of drug-likeness (QED) is 0.476. The van der Waals surface area contributed by atoms with E-state index in [-0.39, 0.29) is 23.9 Å². The average molecular weight is 506 g/mol. The Bertz CT molecular complexity index is 1140. The van der Waals surface area contributed by atoms with E-state index in [0.717, 1.165) is 21.7 Å². The van der Waals surface area contributed by atoms with E-state index in [4.69, 9.17) is 9.47 Å². The minimum Gasteiger partial charge on any atom is -0.497 e. The van der Waals surface area contributed by atoms with E-state index in [9.17, 15) is 18.0 Å². The van der Waals surface area contributed by atoms with Crippen molar-refractivity contribution in [1.29, 1.82) is 0 Å². The van der Waals surface area contributed by atoms with Crippen molar-refractivity contribution in [2.75, 3.05) is 37.9 Å². The van der Waals surface area contributed by atoms with Crippen molar-refractivity contribution in [2.24, 2.45) is 0 Å². The first-order valence-electron chi connectivity index (χ1n) is 11.4. The Balaban J connectivity index is 2.54. The minimum absolute atomic E-state index is 0.161. The highest BCUT2D eigenvalue weighted by atomic mass is 32.2. The maximum atomic E-state index is 13.7. The first-order chi connectivity index (χ1) is 16.6. The number of nitrogens with one attached hydrogen (secondary N) is 1. The molecule has 0 heterocycles. The number of hydrogen-bond acceptors (Lipinski definition) is 6. The highest BCUT2D eigenvalue weighted by Crippen LogP contribution is 2.34. The fraction of sp³-hybridized carbons (Fsp3) is 0.440. The van der Waals surface area contributed by atoms with Crippen molar-refractivity contribution in [3.05, 3.63) is 53.6 Å². The summed E-state index contributed by atoms with van der Waals surface area (Å²) in [7, 11) is -1.02. The van der Waals surface area contributed by atoms with E-state index in [2.05, 4.69) is 5.32 Å². The molecule has 0 aromatic heterocycles. The standard InChI is InChI=1S/C25H35N3O6S/c1-7-21(25(30)26-8-2)27(16-19-12-10-9-11-18(19)3)24(29)17-28(35(6,31)32)22-15-20(33-4)13-14-23(22)34-5/h9-15,21H,7-8,16-17H2,1-6H3,(H,26,30)/t21-/m0/s1. The van der Waals surface area contributed by atoms with Crippen LogP contribution in [0, 0.1) is 6.92 Å². The van der Waals surface area contributed by atoms with Crippen molar-refractivity contribution in [2.45, 2.75) is 39.8 Å². The van der Waals surface area contributed by atoms with Crippen molar-refractivity contribution in [1.82, 2.24) is 10.2 Å². The summed E-state index contributed by atoms with van der Waals surface area (Å²) in [5.41, 5.74) is 2.00. The van der Waals surface area contributed by atoms with Gasteiger partial charge in [0.15, 0.2) is 0 Å². The van der Waals surface area contributed by atoms with Crippen LogP contribution in [-0.2, 0) is 26.2 Å². The van der Waals surface area contributed by atoms with Gasteiger partial charge in [-0.15, -0.1) is 0 Å². The molecule has 1 atom stereocenters. The Labute approximate surface area is 208 Å². The first kappa shape index (κ1) is 28.0. The second-order valence-electron chi connectivity index (χ2n) is 8.07. The molecule has 0 unspecified atom stereocenters. The molecule has 9 nitrogen and oxygen atoms in total. The number of sulfonamides is 1. The number of aryl methyl sites for hydroxylation is 1. The van der Waals surface area contributed by atoms with Gasteiger partial charge in [-0.1, -0.05) is 31.2 Å². The number of carbonyl (C=O) groups is 2. The molecule has 0 spiro atoms. The smallest absolute Gasteiger partial charge is 0.244 e. The number of ether oxygens (including phenoxy) is 2. The number of likely N-dealkylation sites (N-methyl/N-ethyl adjacent to an activating group) is 1. The summed E-state index contributed by atoms with van der Waals surface area (Å²) in [5.74, 6) is -0.124. The van der Waals surface area contributed by atoms with Crippen molar-refractivity contribution < 1.29 is 27.5 Å². The molecule has 192 valence electrons. The number of benzene rings is 2. The molecule has 0 radical (unpaired) electrons. The van der Waals surface area contributed by atoms with Crippen LogP contribution >= 0.6 is 0 Å². The van der Waals surface area contributed by atoms with Crippen molar-refractivity contribution in [3.8, 4) is 11.5 Å². The third kappa shape index (κ3) is 7.11. The van der Waals surface area contributed by atoms with Gasteiger partial charge < -0.3 is 19.7 Å². The molecule has 0 fully saturated rings. The van der Waals surface area contributed by atoms with Gasteiger partial charge in [-0.3, -0.25) is 13.9 Å². The van der Waals surface area contributed by atoms with E-state index < -0.39 is 28.5 Å². The fourth-order valence-electron chi connectivity index (χ4n) is 3.77. The normalized spacial score (nSPS) is 11.9. The number of methoxy groups -OCH3 is 2. The summed E-state index contributed by atoms with van der Waals surface area (Å²) in [4.78, 5) is 28.0. The zero-order valence-electron chi connectivity index (χ0n) is 21.2. The predicted octanol–water partition coefficient (Wildman–Crippen LogP) is 2.72. The van der Waals surface area contributed by atoms with Crippen LogP contribution in [0.25, 0.3) is 0 Å². The van der Waals surface area contributed by atoms with Crippen LogP contribution in [0.3, 0.4) is 0 Å². The zero-order chi connectivity index (χ0) is 26.2. The number of amides is 2. The first-order valence-corrected chi connectivity index (χ1v) is 13.2. The lowest BCUT2D eigenvalue weighted by atomic mass is 10.1. The van der Waals surface area contributed by atoms with Crippen LogP contribution in [0.15, 0.2) is 42.5 Å². The lowest BCUT2D eigenvalue weighted by Crippen LogP contribution is -2.52. The lowest BCUT2D eigenvalue weighted by Gasteiger charge is -2.33. The molecule has 1 N–H and O–H groups in total. The second kappa shape index (κ2) is 12.4. The highest BCUT2D eigenvalue weighted by Gasteiger charge is 2.32. The van der Waals surface area contributed by atoms with Crippen LogP contribution in [0.1, 0.15) is 31.4 Å². The topological polar surface area (TPSA) is 105 Å². The SMILES string of the molecule is CCNC(=O)[C@H](CC)N(Cc1ccccc1C)C(=O)CN(c1cc(OC)ccc1OC)S(C)(=O)=O.